The van der Waals surface area contributed by atoms with Crippen molar-refractivity contribution in [3.05, 3.63) is 53.2 Å². The molecule has 2 aliphatic rings. The summed E-state index contributed by atoms with van der Waals surface area (Å²) in [6, 6.07) is 8.75. The van der Waals surface area contributed by atoms with E-state index in [2.05, 4.69) is 10.1 Å². The molecule has 2 saturated heterocycles. The summed E-state index contributed by atoms with van der Waals surface area (Å²) < 4.78 is 25.2. The van der Waals surface area contributed by atoms with E-state index in [0.29, 0.717) is 31.3 Å². The van der Waals surface area contributed by atoms with Crippen molar-refractivity contribution in [2.24, 2.45) is 5.92 Å². The number of carbonyl (C=O) groups is 1. The van der Waals surface area contributed by atoms with Crippen LogP contribution >= 0.6 is 0 Å². The van der Waals surface area contributed by atoms with Crippen LogP contribution in [-0.2, 0) is 11.3 Å². The summed E-state index contributed by atoms with van der Waals surface area (Å²) in [6.07, 6.45) is 4.08. The number of likely N-dealkylation sites (tertiary alicyclic amines) is 1. The van der Waals surface area contributed by atoms with Gasteiger partial charge in [0.1, 0.15) is 5.82 Å². The number of hydrogen-bond acceptors (Lipinski definition) is 5. The maximum atomic E-state index is 14.0. The average Bonchev–Trinajstić information content (AvgIpc) is 3.48. The van der Waals surface area contributed by atoms with E-state index in [1.165, 1.54) is 6.07 Å². The minimum atomic E-state index is -0.143. The largest absolute Gasteiger partial charge is 0.376 e. The number of carbonyl (C=O) groups excluding carboxylic acids is 1. The van der Waals surface area contributed by atoms with Crippen LogP contribution in [0, 0.1) is 11.7 Å². The molecule has 2 fully saturated rings. The van der Waals surface area contributed by atoms with E-state index in [9.17, 15) is 9.18 Å². The van der Waals surface area contributed by atoms with Gasteiger partial charge in [0.2, 0.25) is 5.76 Å². The number of nitrogens with zero attached hydrogens (tertiary/aromatic N) is 3. The lowest BCUT2D eigenvalue weighted by Gasteiger charge is -2.35. The molecular weight excluding hydrogens is 409 g/mol. The zero-order valence-electron chi connectivity index (χ0n) is 19.1. The molecular formula is C25H34FN3O3. The lowest BCUT2D eigenvalue weighted by molar-refractivity contribution is 0.0416. The van der Waals surface area contributed by atoms with E-state index in [4.69, 9.17) is 9.26 Å². The summed E-state index contributed by atoms with van der Waals surface area (Å²) in [5, 5.41) is 4.06. The molecule has 174 valence electrons. The predicted octanol–water partition coefficient (Wildman–Crippen LogP) is 4.47. The molecule has 0 spiro atoms. The molecule has 3 heterocycles. The van der Waals surface area contributed by atoms with Crippen molar-refractivity contribution in [3.8, 4) is 0 Å². The summed E-state index contributed by atoms with van der Waals surface area (Å²) >= 11 is 0. The van der Waals surface area contributed by atoms with Crippen LogP contribution in [0.25, 0.3) is 0 Å². The number of piperidine rings is 1. The normalized spacial score (nSPS) is 20.2. The lowest BCUT2D eigenvalue weighted by atomic mass is 9.95. The Labute approximate surface area is 189 Å². The van der Waals surface area contributed by atoms with Gasteiger partial charge in [-0.2, -0.15) is 0 Å². The first-order valence-corrected chi connectivity index (χ1v) is 11.8. The van der Waals surface area contributed by atoms with Crippen molar-refractivity contribution >= 4 is 5.91 Å². The Morgan fingerprint density at radius 1 is 1.22 bits per heavy atom. The Bertz CT molecular complexity index is 886. The molecule has 0 N–H and O–H groups in total. The second kappa shape index (κ2) is 10.6. The van der Waals surface area contributed by atoms with Gasteiger partial charge < -0.3 is 14.2 Å². The molecule has 7 heteroatoms. The summed E-state index contributed by atoms with van der Waals surface area (Å²) in [6.45, 7) is 8.54. The molecule has 2 aliphatic heterocycles. The highest BCUT2D eigenvalue weighted by Gasteiger charge is 2.30. The van der Waals surface area contributed by atoms with Crippen molar-refractivity contribution < 1.29 is 18.4 Å². The fourth-order valence-electron chi connectivity index (χ4n) is 4.60. The van der Waals surface area contributed by atoms with Gasteiger partial charge in [-0.15, -0.1) is 0 Å². The highest BCUT2D eigenvalue weighted by molar-refractivity contribution is 5.91. The van der Waals surface area contributed by atoms with Crippen LogP contribution in [-0.4, -0.2) is 59.8 Å². The van der Waals surface area contributed by atoms with E-state index in [1.807, 2.05) is 30.9 Å². The number of ether oxygens (including phenoxy) is 1. The Balaban J connectivity index is 1.36. The van der Waals surface area contributed by atoms with E-state index < -0.39 is 0 Å². The second-order valence-electron chi connectivity index (χ2n) is 9.43. The van der Waals surface area contributed by atoms with Crippen LogP contribution in [0.15, 0.2) is 34.9 Å². The third-order valence-corrected chi connectivity index (χ3v) is 6.60. The maximum absolute atomic E-state index is 14.0. The molecule has 0 bridgehead atoms. The summed E-state index contributed by atoms with van der Waals surface area (Å²) in [5.41, 5.74) is 1.54. The van der Waals surface area contributed by atoms with E-state index in [-0.39, 0.29) is 23.7 Å². The van der Waals surface area contributed by atoms with Crippen molar-refractivity contribution in [1.29, 1.82) is 0 Å². The summed E-state index contributed by atoms with van der Waals surface area (Å²) in [7, 11) is 0. The Morgan fingerprint density at radius 3 is 2.66 bits per heavy atom. The standard InChI is InChI=1S/C25H34FN3O3/c1-18(2)23-14-24(32-27-23)25(30)29(17-21-7-5-13-31-21)15-19-9-11-28(12-10-19)16-20-6-3-4-8-22(20)26/h3-4,6,8,14,18-19,21H,5,7,9-13,15-17H2,1-2H3/t21-/m1/s1. The number of amides is 1. The maximum Gasteiger partial charge on any atom is 0.292 e. The summed E-state index contributed by atoms with van der Waals surface area (Å²) in [4.78, 5) is 17.5. The molecule has 0 unspecified atom stereocenters. The molecule has 1 atom stereocenters. The highest BCUT2D eigenvalue weighted by atomic mass is 19.1. The summed E-state index contributed by atoms with van der Waals surface area (Å²) in [5.74, 6) is 0.684. The van der Waals surface area contributed by atoms with Gasteiger partial charge in [-0.1, -0.05) is 37.2 Å². The Hall–Kier alpha value is -2.25. The molecule has 1 aromatic carbocycles. The highest BCUT2D eigenvalue weighted by Crippen LogP contribution is 2.24. The molecule has 0 aliphatic carbocycles. The molecule has 1 amide bonds. The van der Waals surface area contributed by atoms with Gasteiger partial charge in [0.25, 0.3) is 5.91 Å². The first kappa shape index (κ1) is 22.9. The number of halogens is 1. The fraction of sp³-hybridized carbons (Fsp3) is 0.600. The third kappa shape index (κ3) is 5.75. The Kier molecular flexibility index (Phi) is 7.58. The quantitative estimate of drug-likeness (QED) is 0.602. The van der Waals surface area contributed by atoms with Crippen LogP contribution in [0.1, 0.15) is 67.3 Å². The average molecular weight is 444 g/mol. The SMILES string of the molecule is CC(C)c1cc(C(=O)N(CC2CCN(Cc3ccccc3F)CC2)C[C@H]2CCCO2)on1. The first-order valence-electron chi connectivity index (χ1n) is 11.8. The Morgan fingerprint density at radius 2 is 2.00 bits per heavy atom. The van der Waals surface area contributed by atoms with E-state index in [0.717, 1.165) is 56.6 Å². The predicted molar refractivity (Wildman–Crippen MR) is 120 cm³/mol. The zero-order chi connectivity index (χ0) is 22.5. The van der Waals surface area contributed by atoms with Crippen molar-refractivity contribution in [3.63, 3.8) is 0 Å². The molecule has 6 nitrogen and oxygen atoms in total. The van der Waals surface area contributed by atoms with Gasteiger partial charge in [0.05, 0.1) is 11.8 Å². The van der Waals surface area contributed by atoms with E-state index in [1.54, 1.807) is 12.1 Å². The monoisotopic (exact) mass is 443 g/mol. The smallest absolute Gasteiger partial charge is 0.292 e. The van der Waals surface area contributed by atoms with Gasteiger partial charge in [-0.3, -0.25) is 9.69 Å². The third-order valence-electron chi connectivity index (χ3n) is 6.60. The number of rotatable bonds is 8. The fourth-order valence-corrected chi connectivity index (χ4v) is 4.60. The molecule has 1 aromatic heterocycles. The van der Waals surface area contributed by atoms with Crippen molar-refractivity contribution in [1.82, 2.24) is 15.0 Å². The van der Waals surface area contributed by atoms with Crippen LogP contribution in [0.4, 0.5) is 4.39 Å². The minimum absolute atomic E-state index is 0.0904. The minimum Gasteiger partial charge on any atom is -0.376 e. The van der Waals surface area contributed by atoms with Crippen molar-refractivity contribution in [2.45, 2.75) is 58.1 Å². The van der Waals surface area contributed by atoms with E-state index >= 15 is 0 Å². The van der Waals surface area contributed by atoms with Crippen LogP contribution in [0.3, 0.4) is 0 Å². The first-order chi connectivity index (χ1) is 15.5. The van der Waals surface area contributed by atoms with Gasteiger partial charge in [-0.05, 0) is 56.7 Å². The zero-order valence-corrected chi connectivity index (χ0v) is 19.1. The van der Waals surface area contributed by atoms with Crippen LogP contribution in [0.5, 0.6) is 0 Å². The van der Waals surface area contributed by atoms with Gasteiger partial charge in [0.15, 0.2) is 0 Å². The molecule has 2 aromatic rings. The topological polar surface area (TPSA) is 58.8 Å². The molecule has 4 rings (SSSR count). The van der Waals surface area contributed by atoms with Gasteiger partial charge in [-0.25, -0.2) is 4.39 Å². The van der Waals surface area contributed by atoms with Crippen LogP contribution < -0.4 is 0 Å². The number of aromatic nitrogens is 1. The van der Waals surface area contributed by atoms with Gasteiger partial charge in [0, 0.05) is 37.9 Å². The number of benzene rings is 1. The van der Waals surface area contributed by atoms with Crippen LogP contribution in [0.2, 0.25) is 0 Å². The number of hydrogen-bond donors (Lipinski definition) is 0. The molecule has 32 heavy (non-hydrogen) atoms. The second-order valence-corrected chi connectivity index (χ2v) is 9.43. The molecule has 0 saturated carbocycles. The van der Waals surface area contributed by atoms with Crippen molar-refractivity contribution in [2.75, 3.05) is 32.8 Å². The van der Waals surface area contributed by atoms with Gasteiger partial charge >= 0.3 is 0 Å². The lowest BCUT2D eigenvalue weighted by Crippen LogP contribution is -2.43. The molecule has 0 radical (unpaired) electrons.